The van der Waals surface area contributed by atoms with Gasteiger partial charge in [0.05, 0.1) is 7.11 Å². The Labute approximate surface area is 168 Å². The Hall–Kier alpha value is -3.18. The Kier molecular flexibility index (Phi) is 5.35. The number of amides is 1. The lowest BCUT2D eigenvalue weighted by Gasteiger charge is -2.18. The summed E-state index contributed by atoms with van der Waals surface area (Å²) in [5.41, 5.74) is 2.32. The maximum atomic E-state index is 13.1. The molecular weight excluding hydrogens is 368 g/mol. The predicted octanol–water partition coefficient (Wildman–Crippen LogP) is 4.63. The first kappa shape index (κ1) is 18.2. The van der Waals surface area contributed by atoms with Gasteiger partial charge in [-0.2, -0.15) is 0 Å². The SMILES string of the molecule is COc1ccc(/C=C2/N=C(c3ccccc3)N(CCc3cccs3)C2=O)cc1. The Morgan fingerprint density at radius 1 is 1.04 bits per heavy atom. The van der Waals surface area contributed by atoms with Crippen molar-refractivity contribution in [3.05, 3.63) is 93.8 Å². The van der Waals surface area contributed by atoms with Gasteiger partial charge in [-0.1, -0.05) is 48.5 Å². The second-order valence-corrected chi connectivity index (χ2v) is 7.42. The number of thiophene rings is 1. The Balaban J connectivity index is 1.64. The molecular formula is C23H20N2O2S. The summed E-state index contributed by atoms with van der Waals surface area (Å²) >= 11 is 1.71. The van der Waals surface area contributed by atoms with Gasteiger partial charge in [0.15, 0.2) is 0 Å². The highest BCUT2D eigenvalue weighted by atomic mass is 32.1. The summed E-state index contributed by atoms with van der Waals surface area (Å²) in [6, 6.07) is 21.6. The molecule has 5 heteroatoms. The van der Waals surface area contributed by atoms with E-state index in [-0.39, 0.29) is 5.91 Å². The molecule has 4 nitrogen and oxygen atoms in total. The van der Waals surface area contributed by atoms with Crippen molar-refractivity contribution in [2.75, 3.05) is 13.7 Å². The van der Waals surface area contributed by atoms with E-state index in [2.05, 4.69) is 16.4 Å². The van der Waals surface area contributed by atoms with Gasteiger partial charge < -0.3 is 4.74 Å². The largest absolute Gasteiger partial charge is 0.497 e. The lowest BCUT2D eigenvalue weighted by molar-refractivity contribution is -0.122. The number of rotatable bonds is 6. The van der Waals surface area contributed by atoms with Crippen molar-refractivity contribution in [3.63, 3.8) is 0 Å². The molecule has 0 bridgehead atoms. The molecule has 28 heavy (non-hydrogen) atoms. The fourth-order valence-electron chi connectivity index (χ4n) is 3.10. The first-order chi connectivity index (χ1) is 13.7. The van der Waals surface area contributed by atoms with E-state index in [1.165, 1.54) is 4.88 Å². The van der Waals surface area contributed by atoms with Crippen LogP contribution in [0.3, 0.4) is 0 Å². The van der Waals surface area contributed by atoms with Crippen LogP contribution in [0.25, 0.3) is 6.08 Å². The van der Waals surface area contributed by atoms with Gasteiger partial charge in [0, 0.05) is 17.0 Å². The van der Waals surface area contributed by atoms with Crippen LogP contribution in [0, 0.1) is 0 Å². The van der Waals surface area contributed by atoms with Gasteiger partial charge in [0.2, 0.25) is 0 Å². The third-order valence-electron chi connectivity index (χ3n) is 4.56. The minimum atomic E-state index is -0.0637. The quantitative estimate of drug-likeness (QED) is 0.578. The van der Waals surface area contributed by atoms with Crippen molar-refractivity contribution in [3.8, 4) is 5.75 Å². The van der Waals surface area contributed by atoms with Crippen LogP contribution in [0.15, 0.2) is 82.8 Å². The monoisotopic (exact) mass is 388 g/mol. The molecule has 0 unspecified atom stereocenters. The van der Waals surface area contributed by atoms with E-state index >= 15 is 0 Å². The average molecular weight is 388 g/mol. The van der Waals surface area contributed by atoms with Crippen molar-refractivity contribution in [1.29, 1.82) is 0 Å². The van der Waals surface area contributed by atoms with Crippen LogP contribution in [-0.2, 0) is 11.2 Å². The van der Waals surface area contributed by atoms with Gasteiger partial charge in [-0.3, -0.25) is 9.69 Å². The summed E-state index contributed by atoms with van der Waals surface area (Å²) < 4.78 is 5.20. The number of nitrogens with zero attached hydrogens (tertiary/aromatic N) is 2. The summed E-state index contributed by atoms with van der Waals surface area (Å²) in [5, 5.41) is 2.06. The molecule has 1 aliphatic rings. The van der Waals surface area contributed by atoms with Crippen LogP contribution in [0.2, 0.25) is 0 Å². The fourth-order valence-corrected chi connectivity index (χ4v) is 3.80. The second-order valence-electron chi connectivity index (χ2n) is 6.39. The lowest BCUT2D eigenvalue weighted by Crippen LogP contribution is -2.34. The van der Waals surface area contributed by atoms with Crippen molar-refractivity contribution >= 4 is 29.2 Å². The van der Waals surface area contributed by atoms with Gasteiger partial charge in [-0.05, 0) is 41.6 Å². The molecule has 0 atom stereocenters. The molecule has 2 aromatic carbocycles. The predicted molar refractivity (Wildman–Crippen MR) is 114 cm³/mol. The minimum absolute atomic E-state index is 0.0637. The van der Waals surface area contributed by atoms with Crippen molar-refractivity contribution in [2.24, 2.45) is 4.99 Å². The van der Waals surface area contributed by atoms with Crippen molar-refractivity contribution in [1.82, 2.24) is 4.90 Å². The topological polar surface area (TPSA) is 41.9 Å². The fraction of sp³-hybridized carbons (Fsp3) is 0.130. The van der Waals surface area contributed by atoms with Crippen molar-refractivity contribution < 1.29 is 9.53 Å². The molecule has 2 heterocycles. The van der Waals surface area contributed by atoms with E-state index < -0.39 is 0 Å². The van der Waals surface area contributed by atoms with Crippen LogP contribution in [0.4, 0.5) is 0 Å². The number of hydrogen-bond donors (Lipinski definition) is 0. The van der Waals surface area contributed by atoms with E-state index in [1.54, 1.807) is 23.3 Å². The first-order valence-electron chi connectivity index (χ1n) is 9.09. The first-order valence-corrected chi connectivity index (χ1v) is 9.96. The number of benzene rings is 2. The van der Waals surface area contributed by atoms with Gasteiger partial charge in [-0.15, -0.1) is 11.3 Å². The Morgan fingerprint density at radius 3 is 2.50 bits per heavy atom. The summed E-state index contributed by atoms with van der Waals surface area (Å²) in [5.74, 6) is 1.43. The number of hydrogen-bond acceptors (Lipinski definition) is 4. The normalized spacial score (nSPS) is 15.2. The number of carbonyl (C=O) groups is 1. The van der Waals surface area contributed by atoms with Gasteiger partial charge in [-0.25, -0.2) is 4.99 Å². The molecule has 0 aliphatic carbocycles. The molecule has 0 saturated heterocycles. The van der Waals surface area contributed by atoms with E-state index in [1.807, 2.05) is 66.7 Å². The number of methoxy groups -OCH3 is 1. The summed E-state index contributed by atoms with van der Waals surface area (Å²) in [6.45, 7) is 0.604. The van der Waals surface area contributed by atoms with Crippen LogP contribution < -0.4 is 4.74 Å². The molecule has 0 fully saturated rings. The van der Waals surface area contributed by atoms with Crippen LogP contribution in [0.5, 0.6) is 5.75 Å². The summed E-state index contributed by atoms with van der Waals surface area (Å²) in [4.78, 5) is 20.8. The molecule has 1 aliphatic heterocycles. The third kappa shape index (κ3) is 3.89. The molecule has 0 spiro atoms. The smallest absolute Gasteiger partial charge is 0.278 e. The third-order valence-corrected chi connectivity index (χ3v) is 5.50. The molecule has 0 radical (unpaired) electrons. The summed E-state index contributed by atoms with van der Waals surface area (Å²) in [7, 11) is 1.63. The van der Waals surface area contributed by atoms with Gasteiger partial charge in [0.25, 0.3) is 5.91 Å². The van der Waals surface area contributed by atoms with Crippen LogP contribution >= 0.6 is 11.3 Å². The Bertz CT molecular complexity index is 1010. The van der Waals surface area contributed by atoms with Crippen molar-refractivity contribution in [2.45, 2.75) is 6.42 Å². The maximum absolute atomic E-state index is 13.1. The average Bonchev–Trinajstić information content (AvgIpc) is 3.36. The molecule has 0 N–H and O–H groups in total. The molecule has 4 rings (SSSR count). The van der Waals surface area contributed by atoms with Crippen LogP contribution in [0.1, 0.15) is 16.0 Å². The highest BCUT2D eigenvalue weighted by Gasteiger charge is 2.30. The molecule has 0 saturated carbocycles. The number of amidine groups is 1. The molecule has 140 valence electrons. The maximum Gasteiger partial charge on any atom is 0.278 e. The number of aliphatic imine (C=N–C) groups is 1. The zero-order chi connectivity index (χ0) is 19.3. The zero-order valence-electron chi connectivity index (χ0n) is 15.5. The second kappa shape index (κ2) is 8.23. The number of ether oxygens (including phenoxy) is 1. The van der Waals surface area contributed by atoms with E-state index in [0.717, 1.165) is 23.3 Å². The molecule has 1 amide bonds. The lowest BCUT2D eigenvalue weighted by atomic mass is 10.1. The van der Waals surface area contributed by atoms with Gasteiger partial charge in [0.1, 0.15) is 17.3 Å². The van der Waals surface area contributed by atoms with E-state index in [9.17, 15) is 4.79 Å². The highest BCUT2D eigenvalue weighted by molar-refractivity contribution is 7.09. The van der Waals surface area contributed by atoms with Crippen LogP contribution in [-0.4, -0.2) is 30.3 Å². The van der Waals surface area contributed by atoms with E-state index in [4.69, 9.17) is 4.74 Å². The van der Waals surface area contributed by atoms with E-state index in [0.29, 0.717) is 18.1 Å². The zero-order valence-corrected chi connectivity index (χ0v) is 16.4. The van der Waals surface area contributed by atoms with Gasteiger partial charge >= 0.3 is 0 Å². The standard InChI is InChI=1S/C23H20N2O2S/c1-27-19-11-9-17(10-12-19)16-21-23(26)25(14-13-20-8-5-15-28-20)22(24-21)18-6-3-2-4-7-18/h2-12,15-16H,13-14H2,1H3/b21-16+. The highest BCUT2D eigenvalue weighted by Crippen LogP contribution is 2.24. The number of carbonyl (C=O) groups excluding carboxylic acids is 1. The minimum Gasteiger partial charge on any atom is -0.497 e. The Morgan fingerprint density at radius 2 is 1.82 bits per heavy atom. The molecule has 3 aromatic rings. The molecule has 1 aromatic heterocycles. The summed E-state index contributed by atoms with van der Waals surface area (Å²) in [6.07, 6.45) is 2.64.